The summed E-state index contributed by atoms with van der Waals surface area (Å²) in [6, 6.07) is 13.6. The van der Waals surface area contributed by atoms with Gasteiger partial charge in [0.05, 0.1) is 4.92 Å². The normalized spacial score (nSPS) is 10.5. The number of hydrogen-bond donors (Lipinski definition) is 0. The summed E-state index contributed by atoms with van der Waals surface area (Å²) in [4.78, 5) is 24.1. The summed E-state index contributed by atoms with van der Waals surface area (Å²) in [5, 5.41) is 10.8. The fourth-order valence-corrected chi connectivity index (χ4v) is 2.23. The SMILES string of the molecule is C=CCOc1ccc(CN(C)C(=O)C=Cc2cccc([N+](=O)[O-])c2)cc1. The second kappa shape index (κ2) is 9.17. The summed E-state index contributed by atoms with van der Waals surface area (Å²) in [5.74, 6) is 0.552. The number of nitrogens with zero attached hydrogens (tertiary/aromatic N) is 2. The lowest BCUT2D eigenvalue weighted by molar-refractivity contribution is -0.384. The second-order valence-electron chi connectivity index (χ2n) is 5.62. The molecule has 0 aliphatic heterocycles. The van der Waals surface area contributed by atoms with Crippen molar-refractivity contribution in [2.45, 2.75) is 6.54 Å². The zero-order valence-corrected chi connectivity index (χ0v) is 14.5. The highest BCUT2D eigenvalue weighted by Crippen LogP contribution is 2.15. The summed E-state index contributed by atoms with van der Waals surface area (Å²) >= 11 is 0. The van der Waals surface area contributed by atoms with Crippen LogP contribution < -0.4 is 4.74 Å². The third-order valence-electron chi connectivity index (χ3n) is 3.59. The largest absolute Gasteiger partial charge is 0.490 e. The van der Waals surface area contributed by atoms with Crippen molar-refractivity contribution in [3.05, 3.63) is 88.5 Å². The van der Waals surface area contributed by atoms with Gasteiger partial charge in [0.2, 0.25) is 5.91 Å². The number of ether oxygens (including phenoxy) is 1. The van der Waals surface area contributed by atoms with Crippen molar-refractivity contribution in [3.8, 4) is 5.75 Å². The van der Waals surface area contributed by atoms with Gasteiger partial charge in [-0.05, 0) is 29.3 Å². The van der Waals surface area contributed by atoms with E-state index >= 15 is 0 Å². The predicted octanol–water partition coefficient (Wildman–Crippen LogP) is 3.83. The van der Waals surface area contributed by atoms with E-state index in [1.54, 1.807) is 36.2 Å². The predicted molar refractivity (Wildman–Crippen MR) is 101 cm³/mol. The van der Waals surface area contributed by atoms with Crippen LogP contribution in [-0.2, 0) is 11.3 Å². The molecule has 0 N–H and O–H groups in total. The molecule has 0 aliphatic carbocycles. The van der Waals surface area contributed by atoms with Crippen molar-refractivity contribution >= 4 is 17.7 Å². The summed E-state index contributed by atoms with van der Waals surface area (Å²) in [7, 11) is 1.70. The molecule has 2 aromatic carbocycles. The molecule has 26 heavy (non-hydrogen) atoms. The minimum Gasteiger partial charge on any atom is -0.490 e. The first-order valence-corrected chi connectivity index (χ1v) is 8.00. The third-order valence-corrected chi connectivity index (χ3v) is 3.59. The molecular weight excluding hydrogens is 332 g/mol. The highest BCUT2D eigenvalue weighted by molar-refractivity contribution is 5.91. The van der Waals surface area contributed by atoms with Gasteiger partial charge >= 0.3 is 0 Å². The highest BCUT2D eigenvalue weighted by atomic mass is 16.6. The van der Waals surface area contributed by atoms with Crippen molar-refractivity contribution < 1.29 is 14.5 Å². The standard InChI is InChI=1S/C20H20N2O4/c1-3-13-26-19-10-7-17(8-11-19)15-21(2)20(23)12-9-16-5-4-6-18(14-16)22(24)25/h3-12,14H,1,13,15H2,2H3. The molecule has 0 heterocycles. The molecule has 0 atom stereocenters. The Labute approximate surface area is 152 Å². The van der Waals surface area contributed by atoms with E-state index in [2.05, 4.69) is 6.58 Å². The van der Waals surface area contributed by atoms with Gasteiger partial charge in [-0.15, -0.1) is 0 Å². The zero-order chi connectivity index (χ0) is 18.9. The number of amides is 1. The molecule has 2 aromatic rings. The van der Waals surface area contributed by atoms with Crippen molar-refractivity contribution in [3.63, 3.8) is 0 Å². The first-order chi connectivity index (χ1) is 12.5. The van der Waals surface area contributed by atoms with E-state index in [0.29, 0.717) is 18.7 Å². The Bertz CT molecular complexity index is 813. The van der Waals surface area contributed by atoms with E-state index < -0.39 is 4.92 Å². The molecule has 2 rings (SSSR count). The van der Waals surface area contributed by atoms with Gasteiger partial charge in [0.25, 0.3) is 5.69 Å². The van der Waals surface area contributed by atoms with Crippen LogP contribution in [0.4, 0.5) is 5.69 Å². The van der Waals surface area contributed by atoms with Crippen LogP contribution in [0.2, 0.25) is 0 Å². The number of likely N-dealkylation sites (N-methyl/N-ethyl adjacent to an activating group) is 1. The summed E-state index contributed by atoms with van der Waals surface area (Å²) in [5.41, 5.74) is 1.56. The Hall–Kier alpha value is -3.41. The van der Waals surface area contributed by atoms with Crippen molar-refractivity contribution in [2.24, 2.45) is 0 Å². The van der Waals surface area contributed by atoms with Crippen LogP contribution in [0.3, 0.4) is 0 Å². The number of nitro groups is 1. The third kappa shape index (κ3) is 5.59. The molecule has 0 bridgehead atoms. The van der Waals surface area contributed by atoms with Gasteiger partial charge in [0.15, 0.2) is 0 Å². The number of nitro benzene ring substituents is 1. The topological polar surface area (TPSA) is 72.7 Å². The fraction of sp³-hybridized carbons (Fsp3) is 0.150. The molecule has 0 unspecified atom stereocenters. The van der Waals surface area contributed by atoms with Gasteiger partial charge in [-0.2, -0.15) is 0 Å². The number of non-ortho nitro benzene ring substituents is 1. The Morgan fingerprint density at radius 1 is 1.27 bits per heavy atom. The number of benzene rings is 2. The molecule has 1 amide bonds. The van der Waals surface area contributed by atoms with Crippen LogP contribution in [0.15, 0.2) is 67.3 Å². The maximum absolute atomic E-state index is 12.2. The van der Waals surface area contributed by atoms with Crippen LogP contribution >= 0.6 is 0 Å². The Balaban J connectivity index is 1.95. The number of hydrogen-bond acceptors (Lipinski definition) is 4. The average Bonchev–Trinajstić information content (AvgIpc) is 2.65. The molecule has 0 spiro atoms. The molecule has 0 saturated carbocycles. The quantitative estimate of drug-likeness (QED) is 0.313. The van der Waals surface area contributed by atoms with E-state index in [9.17, 15) is 14.9 Å². The fourth-order valence-electron chi connectivity index (χ4n) is 2.23. The van der Waals surface area contributed by atoms with Crippen LogP contribution in [0, 0.1) is 10.1 Å². The van der Waals surface area contributed by atoms with Crippen molar-refractivity contribution in [1.82, 2.24) is 4.90 Å². The van der Waals surface area contributed by atoms with Crippen LogP contribution in [-0.4, -0.2) is 29.4 Å². The minimum absolute atomic E-state index is 0.00767. The molecule has 6 heteroatoms. The lowest BCUT2D eigenvalue weighted by atomic mass is 10.2. The Kier molecular flexibility index (Phi) is 6.68. The van der Waals surface area contributed by atoms with Gasteiger partial charge in [0, 0.05) is 31.8 Å². The van der Waals surface area contributed by atoms with Gasteiger partial charge in [0.1, 0.15) is 12.4 Å². The summed E-state index contributed by atoms with van der Waals surface area (Å²) in [6.07, 6.45) is 4.65. The van der Waals surface area contributed by atoms with Gasteiger partial charge in [-0.3, -0.25) is 14.9 Å². The van der Waals surface area contributed by atoms with Crippen molar-refractivity contribution in [2.75, 3.05) is 13.7 Å². The molecule has 0 aromatic heterocycles. The molecule has 6 nitrogen and oxygen atoms in total. The molecule has 134 valence electrons. The van der Waals surface area contributed by atoms with Gasteiger partial charge in [-0.1, -0.05) is 36.9 Å². The van der Waals surface area contributed by atoms with Crippen LogP contribution in [0.25, 0.3) is 6.08 Å². The van der Waals surface area contributed by atoms with E-state index in [4.69, 9.17) is 4.74 Å². The lowest BCUT2D eigenvalue weighted by Gasteiger charge is -2.15. The van der Waals surface area contributed by atoms with Crippen LogP contribution in [0.5, 0.6) is 5.75 Å². The first kappa shape index (κ1) is 18.9. The van der Waals surface area contributed by atoms with Crippen molar-refractivity contribution in [1.29, 1.82) is 0 Å². The monoisotopic (exact) mass is 352 g/mol. The van der Waals surface area contributed by atoms with Gasteiger partial charge < -0.3 is 9.64 Å². The second-order valence-corrected chi connectivity index (χ2v) is 5.62. The van der Waals surface area contributed by atoms with E-state index in [-0.39, 0.29) is 11.6 Å². The maximum atomic E-state index is 12.2. The molecule has 0 radical (unpaired) electrons. The summed E-state index contributed by atoms with van der Waals surface area (Å²) < 4.78 is 5.42. The molecular formula is C20H20N2O4. The molecule has 0 saturated heterocycles. The van der Waals surface area contributed by atoms with Crippen LogP contribution in [0.1, 0.15) is 11.1 Å². The first-order valence-electron chi connectivity index (χ1n) is 8.00. The van der Waals surface area contributed by atoms with E-state index in [0.717, 1.165) is 11.3 Å². The van der Waals surface area contributed by atoms with Gasteiger partial charge in [-0.25, -0.2) is 0 Å². The molecule has 0 aliphatic rings. The molecule has 0 fully saturated rings. The average molecular weight is 352 g/mol. The number of carbonyl (C=O) groups is 1. The number of rotatable bonds is 8. The smallest absolute Gasteiger partial charge is 0.270 e. The summed E-state index contributed by atoms with van der Waals surface area (Å²) in [6.45, 7) is 4.48. The van der Waals surface area contributed by atoms with E-state index in [1.807, 2.05) is 24.3 Å². The Morgan fingerprint density at radius 2 is 2.00 bits per heavy atom. The minimum atomic E-state index is -0.465. The zero-order valence-electron chi connectivity index (χ0n) is 14.5. The van der Waals surface area contributed by atoms with E-state index in [1.165, 1.54) is 18.2 Å². The number of carbonyl (C=O) groups excluding carboxylic acids is 1. The Morgan fingerprint density at radius 3 is 2.65 bits per heavy atom. The highest BCUT2D eigenvalue weighted by Gasteiger charge is 2.07. The maximum Gasteiger partial charge on any atom is 0.270 e. The lowest BCUT2D eigenvalue weighted by Crippen LogP contribution is -2.24.